The Morgan fingerprint density at radius 2 is 1.79 bits per heavy atom. The molecule has 170 valence electrons. The van der Waals surface area contributed by atoms with Crippen molar-refractivity contribution in [3.63, 3.8) is 0 Å². The number of fused-ring (bicyclic) bond motifs is 3. The largest absolute Gasteiger partial charge is 0.493 e. The Morgan fingerprint density at radius 1 is 1.03 bits per heavy atom. The molecule has 2 aromatic heterocycles. The number of ether oxygens (including phenoxy) is 1. The average Bonchev–Trinajstić information content (AvgIpc) is 3.18. The third-order valence-corrected chi connectivity index (χ3v) is 8.26. The van der Waals surface area contributed by atoms with Gasteiger partial charge in [0.2, 0.25) is 0 Å². The molecule has 0 bridgehead atoms. The Kier molecular flexibility index (Phi) is 6.30. The van der Waals surface area contributed by atoms with Crippen LogP contribution in [-0.4, -0.2) is 21.9 Å². The first kappa shape index (κ1) is 22.2. The van der Waals surface area contributed by atoms with Gasteiger partial charge in [0, 0.05) is 10.6 Å². The molecule has 5 rings (SSSR count). The molecule has 0 N–H and O–H groups in total. The highest BCUT2D eigenvalue weighted by Gasteiger charge is 2.23. The van der Waals surface area contributed by atoms with Crippen LogP contribution >= 0.6 is 23.1 Å². The third kappa shape index (κ3) is 4.46. The average molecular weight is 477 g/mol. The van der Waals surface area contributed by atoms with E-state index >= 15 is 0 Å². The van der Waals surface area contributed by atoms with Crippen molar-refractivity contribution in [2.45, 2.75) is 51.6 Å². The second kappa shape index (κ2) is 9.35. The maximum absolute atomic E-state index is 13.9. The summed E-state index contributed by atoms with van der Waals surface area (Å²) in [6, 6.07) is 14.3. The molecule has 2 heterocycles. The summed E-state index contributed by atoms with van der Waals surface area (Å²) in [5, 5.41) is 1.57. The van der Waals surface area contributed by atoms with Crippen LogP contribution in [0.5, 0.6) is 5.75 Å². The number of aryl methyl sites for hydroxylation is 5. The van der Waals surface area contributed by atoms with E-state index in [-0.39, 0.29) is 5.56 Å². The number of aromatic nitrogens is 2. The van der Waals surface area contributed by atoms with Gasteiger partial charge in [-0.1, -0.05) is 41.6 Å². The van der Waals surface area contributed by atoms with Crippen molar-refractivity contribution in [3.05, 3.63) is 79.9 Å². The molecule has 6 heteroatoms. The maximum atomic E-state index is 13.9. The standard InChI is InChI=1S/C27H28N2O2S2/c1-17-9-12-20(13-10-17)31-14-15-32-27-28-25-24(21-6-4-5-7-23(21)33-25)26(30)29(27)22-16-18(2)8-11-19(22)3/h8-13,16H,4-7,14-15H2,1-3H3. The Morgan fingerprint density at radius 3 is 2.61 bits per heavy atom. The van der Waals surface area contributed by atoms with Gasteiger partial charge in [-0.25, -0.2) is 4.98 Å². The summed E-state index contributed by atoms with van der Waals surface area (Å²) in [6.45, 7) is 6.74. The summed E-state index contributed by atoms with van der Waals surface area (Å²) >= 11 is 3.29. The highest BCUT2D eigenvalue weighted by atomic mass is 32.2. The minimum atomic E-state index is 0.0649. The topological polar surface area (TPSA) is 44.1 Å². The predicted octanol–water partition coefficient (Wildman–Crippen LogP) is 6.42. The van der Waals surface area contributed by atoms with E-state index in [1.165, 1.54) is 22.4 Å². The van der Waals surface area contributed by atoms with Crippen molar-refractivity contribution in [2.24, 2.45) is 0 Å². The van der Waals surface area contributed by atoms with Gasteiger partial charge < -0.3 is 4.74 Å². The quantitative estimate of drug-likeness (QED) is 0.183. The summed E-state index contributed by atoms with van der Waals surface area (Å²) in [7, 11) is 0. The number of benzene rings is 2. The van der Waals surface area contributed by atoms with Crippen LogP contribution in [-0.2, 0) is 12.8 Å². The minimum absolute atomic E-state index is 0.0649. The molecule has 33 heavy (non-hydrogen) atoms. The first-order valence-electron chi connectivity index (χ1n) is 11.5. The smallest absolute Gasteiger partial charge is 0.267 e. The lowest BCUT2D eigenvalue weighted by Gasteiger charge is -2.16. The second-order valence-electron chi connectivity index (χ2n) is 8.73. The number of hydrogen-bond donors (Lipinski definition) is 0. The molecule has 1 aliphatic carbocycles. The summed E-state index contributed by atoms with van der Waals surface area (Å²) in [5.41, 5.74) is 5.64. The first-order chi connectivity index (χ1) is 16.0. The van der Waals surface area contributed by atoms with Crippen molar-refractivity contribution in [2.75, 3.05) is 12.4 Å². The van der Waals surface area contributed by atoms with Gasteiger partial charge in [0.25, 0.3) is 5.56 Å². The summed E-state index contributed by atoms with van der Waals surface area (Å²) in [6.07, 6.45) is 4.39. The van der Waals surface area contributed by atoms with Crippen LogP contribution in [0.1, 0.15) is 40.0 Å². The van der Waals surface area contributed by atoms with Gasteiger partial charge >= 0.3 is 0 Å². The summed E-state index contributed by atoms with van der Waals surface area (Å²) < 4.78 is 7.76. The van der Waals surface area contributed by atoms with Crippen molar-refractivity contribution >= 4 is 33.3 Å². The zero-order valence-electron chi connectivity index (χ0n) is 19.3. The van der Waals surface area contributed by atoms with Gasteiger partial charge in [0.05, 0.1) is 17.7 Å². The van der Waals surface area contributed by atoms with Gasteiger partial charge in [-0.2, -0.15) is 0 Å². The lowest BCUT2D eigenvalue weighted by Crippen LogP contribution is -2.23. The number of rotatable bonds is 6. The SMILES string of the molecule is Cc1ccc(OCCSc2nc3sc4c(c3c(=O)n2-c2cc(C)ccc2C)CCCC4)cc1. The van der Waals surface area contributed by atoms with E-state index in [0.29, 0.717) is 12.4 Å². The van der Waals surface area contributed by atoms with Crippen LogP contribution in [0.25, 0.3) is 15.9 Å². The number of thiophene rings is 1. The Balaban J connectivity index is 1.52. The van der Waals surface area contributed by atoms with E-state index in [9.17, 15) is 4.79 Å². The first-order valence-corrected chi connectivity index (χ1v) is 13.3. The van der Waals surface area contributed by atoms with Gasteiger partial charge in [-0.3, -0.25) is 9.36 Å². The molecule has 4 aromatic rings. The molecule has 2 aromatic carbocycles. The van der Waals surface area contributed by atoms with Crippen molar-refractivity contribution < 1.29 is 4.74 Å². The van der Waals surface area contributed by atoms with Crippen LogP contribution in [0.15, 0.2) is 52.4 Å². The molecule has 0 amide bonds. The van der Waals surface area contributed by atoms with E-state index < -0.39 is 0 Å². The molecular weight excluding hydrogens is 448 g/mol. The number of thioether (sulfide) groups is 1. The van der Waals surface area contributed by atoms with Crippen LogP contribution in [0.2, 0.25) is 0 Å². The van der Waals surface area contributed by atoms with E-state index in [1.54, 1.807) is 23.1 Å². The van der Waals surface area contributed by atoms with Crippen LogP contribution in [0.4, 0.5) is 0 Å². The normalized spacial score (nSPS) is 13.3. The molecule has 0 aliphatic heterocycles. The van der Waals surface area contributed by atoms with E-state index in [1.807, 2.05) is 16.7 Å². The number of nitrogens with zero attached hydrogens (tertiary/aromatic N) is 2. The Bertz CT molecular complexity index is 1370. The molecular formula is C27H28N2O2S2. The van der Waals surface area contributed by atoms with Gasteiger partial charge in [0.15, 0.2) is 5.16 Å². The lowest BCUT2D eigenvalue weighted by molar-refractivity contribution is 0.344. The van der Waals surface area contributed by atoms with E-state index in [4.69, 9.17) is 9.72 Å². The van der Waals surface area contributed by atoms with Crippen molar-refractivity contribution in [1.82, 2.24) is 9.55 Å². The van der Waals surface area contributed by atoms with E-state index in [2.05, 4.69) is 51.1 Å². The fourth-order valence-corrected chi connectivity index (χ4v) is 6.51. The lowest BCUT2D eigenvalue weighted by atomic mass is 9.97. The predicted molar refractivity (Wildman–Crippen MR) is 139 cm³/mol. The molecule has 4 nitrogen and oxygen atoms in total. The zero-order valence-corrected chi connectivity index (χ0v) is 20.9. The summed E-state index contributed by atoms with van der Waals surface area (Å²) in [4.78, 5) is 21.2. The van der Waals surface area contributed by atoms with Crippen molar-refractivity contribution in [3.8, 4) is 11.4 Å². The molecule has 0 atom stereocenters. The molecule has 0 fully saturated rings. The zero-order chi connectivity index (χ0) is 22.9. The molecule has 0 saturated heterocycles. The van der Waals surface area contributed by atoms with E-state index in [0.717, 1.165) is 57.2 Å². The summed E-state index contributed by atoms with van der Waals surface area (Å²) in [5.74, 6) is 1.57. The fraction of sp³-hybridized carbons (Fsp3) is 0.333. The van der Waals surface area contributed by atoms with Crippen molar-refractivity contribution in [1.29, 1.82) is 0 Å². The molecule has 0 unspecified atom stereocenters. The molecule has 0 radical (unpaired) electrons. The number of hydrogen-bond acceptors (Lipinski definition) is 5. The Labute approximate surface area is 202 Å². The third-order valence-electron chi connectivity index (χ3n) is 6.17. The highest BCUT2D eigenvalue weighted by molar-refractivity contribution is 7.99. The molecule has 0 spiro atoms. The van der Waals surface area contributed by atoms with Gasteiger partial charge in [-0.15, -0.1) is 11.3 Å². The maximum Gasteiger partial charge on any atom is 0.267 e. The van der Waals surface area contributed by atoms with Crippen LogP contribution in [0.3, 0.4) is 0 Å². The van der Waals surface area contributed by atoms with Gasteiger partial charge in [0.1, 0.15) is 10.6 Å². The molecule has 0 saturated carbocycles. The van der Waals surface area contributed by atoms with Crippen LogP contribution in [0, 0.1) is 20.8 Å². The fourth-order valence-electron chi connectivity index (χ4n) is 4.38. The monoisotopic (exact) mass is 476 g/mol. The Hall–Kier alpha value is -2.57. The minimum Gasteiger partial charge on any atom is -0.493 e. The second-order valence-corrected chi connectivity index (χ2v) is 10.9. The van der Waals surface area contributed by atoms with Gasteiger partial charge in [-0.05, 0) is 81.3 Å². The highest BCUT2D eigenvalue weighted by Crippen LogP contribution is 2.35. The molecule has 1 aliphatic rings. The van der Waals surface area contributed by atoms with Crippen LogP contribution < -0.4 is 10.3 Å².